The maximum atomic E-state index is 6.02. The van der Waals surface area contributed by atoms with Gasteiger partial charge in [0.15, 0.2) is 0 Å². The minimum atomic E-state index is 0.106. The molecular weight excluding hydrogens is 172 g/mol. The van der Waals surface area contributed by atoms with Gasteiger partial charge >= 0.3 is 0 Å². The van der Waals surface area contributed by atoms with E-state index in [0.29, 0.717) is 0 Å². The second-order valence-corrected chi connectivity index (χ2v) is 4.19. The highest BCUT2D eigenvalue weighted by Gasteiger charge is 2.06. The van der Waals surface area contributed by atoms with Crippen molar-refractivity contribution in [1.29, 1.82) is 0 Å². The van der Waals surface area contributed by atoms with Gasteiger partial charge < -0.3 is 5.73 Å². The summed E-state index contributed by atoms with van der Waals surface area (Å²) >= 11 is 0. The lowest BCUT2D eigenvalue weighted by atomic mass is 10.0. The molecule has 0 bridgehead atoms. The van der Waals surface area contributed by atoms with Gasteiger partial charge in [-0.2, -0.15) is 0 Å². The van der Waals surface area contributed by atoms with Gasteiger partial charge in [-0.25, -0.2) is 0 Å². The molecule has 0 saturated carbocycles. The minimum Gasteiger partial charge on any atom is -0.323 e. The SMILES string of the molecule is CC(C)CCCC(N)c1ccccn1. The topological polar surface area (TPSA) is 38.9 Å². The zero-order valence-electron chi connectivity index (χ0n) is 9.11. The van der Waals surface area contributed by atoms with Crippen molar-refractivity contribution < 1.29 is 0 Å². The predicted octanol–water partition coefficient (Wildman–Crippen LogP) is 2.91. The van der Waals surface area contributed by atoms with Gasteiger partial charge in [-0.3, -0.25) is 4.98 Å². The fourth-order valence-electron chi connectivity index (χ4n) is 1.49. The van der Waals surface area contributed by atoms with Gasteiger partial charge in [0.25, 0.3) is 0 Å². The lowest BCUT2D eigenvalue weighted by molar-refractivity contribution is 0.501. The molecule has 0 amide bonds. The first-order chi connectivity index (χ1) is 6.70. The first-order valence-electron chi connectivity index (χ1n) is 5.36. The van der Waals surface area contributed by atoms with Gasteiger partial charge in [0.1, 0.15) is 0 Å². The zero-order chi connectivity index (χ0) is 10.4. The summed E-state index contributed by atoms with van der Waals surface area (Å²) in [6, 6.07) is 6.02. The van der Waals surface area contributed by atoms with Gasteiger partial charge in [-0.1, -0.05) is 32.8 Å². The summed E-state index contributed by atoms with van der Waals surface area (Å²) in [6.45, 7) is 4.48. The van der Waals surface area contributed by atoms with E-state index in [9.17, 15) is 0 Å². The Balaban J connectivity index is 2.32. The van der Waals surface area contributed by atoms with Crippen LogP contribution >= 0.6 is 0 Å². The Morgan fingerprint density at radius 2 is 2.07 bits per heavy atom. The van der Waals surface area contributed by atoms with Crippen molar-refractivity contribution in [3.8, 4) is 0 Å². The molecule has 78 valence electrons. The number of aromatic nitrogens is 1. The molecule has 1 aromatic rings. The van der Waals surface area contributed by atoms with Gasteiger partial charge in [-0.15, -0.1) is 0 Å². The van der Waals surface area contributed by atoms with Crippen molar-refractivity contribution in [3.63, 3.8) is 0 Å². The molecule has 0 saturated heterocycles. The third kappa shape index (κ3) is 3.88. The van der Waals surface area contributed by atoms with Crippen LogP contribution in [0.15, 0.2) is 24.4 Å². The van der Waals surface area contributed by atoms with Crippen LogP contribution in [-0.4, -0.2) is 4.98 Å². The van der Waals surface area contributed by atoms with Crippen molar-refractivity contribution in [1.82, 2.24) is 4.98 Å². The van der Waals surface area contributed by atoms with Crippen molar-refractivity contribution >= 4 is 0 Å². The quantitative estimate of drug-likeness (QED) is 0.779. The fraction of sp³-hybridized carbons (Fsp3) is 0.583. The Labute approximate surface area is 86.5 Å². The van der Waals surface area contributed by atoms with Gasteiger partial charge in [-0.05, 0) is 24.5 Å². The first kappa shape index (κ1) is 11.2. The van der Waals surface area contributed by atoms with Crippen LogP contribution in [0.1, 0.15) is 44.8 Å². The van der Waals surface area contributed by atoms with Crippen LogP contribution in [0.5, 0.6) is 0 Å². The standard InChI is InChI=1S/C12H20N2/c1-10(2)6-5-7-11(13)12-8-3-4-9-14-12/h3-4,8-11H,5-7,13H2,1-2H3. The minimum absolute atomic E-state index is 0.106. The van der Waals surface area contributed by atoms with Crippen LogP contribution in [-0.2, 0) is 0 Å². The van der Waals surface area contributed by atoms with E-state index in [2.05, 4.69) is 18.8 Å². The summed E-state index contributed by atoms with van der Waals surface area (Å²) in [5.41, 5.74) is 7.03. The van der Waals surface area contributed by atoms with E-state index < -0.39 is 0 Å². The van der Waals surface area contributed by atoms with Gasteiger partial charge in [0.05, 0.1) is 5.69 Å². The molecule has 0 spiro atoms. The highest BCUT2D eigenvalue weighted by atomic mass is 14.8. The van der Waals surface area contributed by atoms with Gasteiger partial charge in [0.2, 0.25) is 0 Å². The molecule has 2 heteroatoms. The summed E-state index contributed by atoms with van der Waals surface area (Å²) in [6.07, 6.45) is 5.28. The molecule has 0 aromatic carbocycles. The zero-order valence-corrected chi connectivity index (χ0v) is 9.11. The molecule has 2 N–H and O–H groups in total. The van der Waals surface area contributed by atoms with E-state index in [4.69, 9.17) is 5.73 Å². The second kappa shape index (κ2) is 5.76. The summed E-state index contributed by atoms with van der Waals surface area (Å²) in [4.78, 5) is 4.25. The van der Waals surface area contributed by atoms with Crippen LogP contribution in [0.4, 0.5) is 0 Å². The summed E-state index contributed by atoms with van der Waals surface area (Å²) in [5.74, 6) is 0.769. The maximum absolute atomic E-state index is 6.02. The molecule has 0 aliphatic rings. The normalized spacial score (nSPS) is 13.1. The molecule has 1 heterocycles. The molecule has 0 aliphatic heterocycles. The number of nitrogens with zero attached hydrogens (tertiary/aromatic N) is 1. The highest BCUT2D eigenvalue weighted by molar-refractivity contribution is 5.07. The first-order valence-corrected chi connectivity index (χ1v) is 5.36. The Hall–Kier alpha value is -0.890. The highest BCUT2D eigenvalue weighted by Crippen LogP contribution is 2.16. The average Bonchev–Trinajstić information content (AvgIpc) is 2.18. The molecule has 14 heavy (non-hydrogen) atoms. The lowest BCUT2D eigenvalue weighted by Gasteiger charge is -2.11. The summed E-state index contributed by atoms with van der Waals surface area (Å²) in [7, 11) is 0. The van der Waals surface area contributed by atoms with Crippen molar-refractivity contribution in [2.75, 3.05) is 0 Å². The Morgan fingerprint density at radius 1 is 1.29 bits per heavy atom. The van der Waals surface area contributed by atoms with E-state index in [-0.39, 0.29) is 6.04 Å². The smallest absolute Gasteiger partial charge is 0.0570 e. The third-order valence-electron chi connectivity index (χ3n) is 2.36. The van der Waals surface area contributed by atoms with E-state index in [1.165, 1.54) is 12.8 Å². The maximum Gasteiger partial charge on any atom is 0.0570 e. The molecule has 1 unspecified atom stereocenters. The van der Waals surface area contributed by atoms with Crippen LogP contribution < -0.4 is 5.73 Å². The Bertz CT molecular complexity index is 244. The van der Waals surface area contributed by atoms with Crippen molar-refractivity contribution in [2.24, 2.45) is 11.7 Å². The number of pyridine rings is 1. The average molecular weight is 192 g/mol. The molecule has 1 rings (SSSR count). The molecule has 1 aromatic heterocycles. The van der Waals surface area contributed by atoms with Crippen LogP contribution in [0.2, 0.25) is 0 Å². The van der Waals surface area contributed by atoms with Crippen molar-refractivity contribution in [3.05, 3.63) is 30.1 Å². The largest absolute Gasteiger partial charge is 0.323 e. The van der Waals surface area contributed by atoms with E-state index in [1.807, 2.05) is 18.2 Å². The van der Waals surface area contributed by atoms with E-state index >= 15 is 0 Å². The third-order valence-corrected chi connectivity index (χ3v) is 2.36. The van der Waals surface area contributed by atoms with Crippen LogP contribution in [0.3, 0.4) is 0 Å². The predicted molar refractivity (Wildman–Crippen MR) is 59.9 cm³/mol. The molecule has 0 aliphatic carbocycles. The second-order valence-electron chi connectivity index (χ2n) is 4.19. The number of nitrogens with two attached hydrogens (primary N) is 1. The molecule has 2 nitrogen and oxygen atoms in total. The Kier molecular flexibility index (Phi) is 4.60. The van der Waals surface area contributed by atoms with E-state index in [0.717, 1.165) is 18.0 Å². The number of hydrogen-bond acceptors (Lipinski definition) is 2. The number of hydrogen-bond donors (Lipinski definition) is 1. The summed E-state index contributed by atoms with van der Waals surface area (Å²) in [5, 5.41) is 0. The molecular formula is C12H20N2. The number of rotatable bonds is 5. The lowest BCUT2D eigenvalue weighted by Crippen LogP contribution is -2.11. The van der Waals surface area contributed by atoms with Crippen molar-refractivity contribution in [2.45, 2.75) is 39.2 Å². The van der Waals surface area contributed by atoms with Gasteiger partial charge in [0, 0.05) is 12.2 Å². The van der Waals surface area contributed by atoms with E-state index in [1.54, 1.807) is 6.20 Å². The Morgan fingerprint density at radius 3 is 2.64 bits per heavy atom. The molecule has 1 atom stereocenters. The van der Waals surface area contributed by atoms with Crippen LogP contribution in [0.25, 0.3) is 0 Å². The fourth-order valence-corrected chi connectivity index (χ4v) is 1.49. The molecule has 0 radical (unpaired) electrons. The van der Waals surface area contributed by atoms with Crippen LogP contribution in [0, 0.1) is 5.92 Å². The summed E-state index contributed by atoms with van der Waals surface area (Å²) < 4.78 is 0. The molecule has 0 fully saturated rings. The monoisotopic (exact) mass is 192 g/mol.